The van der Waals surface area contributed by atoms with Gasteiger partial charge in [0.05, 0.1) is 6.61 Å². The summed E-state index contributed by atoms with van der Waals surface area (Å²) in [5, 5.41) is 0. The molecule has 1 aliphatic heterocycles. The third-order valence-electron chi connectivity index (χ3n) is 4.09. The zero-order valence-electron chi connectivity index (χ0n) is 13.0. The number of benzene rings is 2. The number of nitrogens with zero attached hydrogens (tertiary/aromatic N) is 1. The minimum atomic E-state index is -0.310. The molecular formula is C19H20FNO2. The maximum absolute atomic E-state index is 12.9. The van der Waals surface area contributed by atoms with Crippen LogP contribution in [0, 0.1) is 11.7 Å². The molecule has 0 aromatic heterocycles. The molecule has 3 rings (SSSR count). The summed E-state index contributed by atoms with van der Waals surface area (Å²) in [5.74, 6) is 0.730. The first kappa shape index (κ1) is 15.7. The Morgan fingerprint density at radius 3 is 2.48 bits per heavy atom. The molecule has 0 amide bonds. The fourth-order valence-electron chi connectivity index (χ4n) is 2.76. The summed E-state index contributed by atoms with van der Waals surface area (Å²) in [6.07, 6.45) is 0.937. The monoisotopic (exact) mass is 313 g/mol. The molecule has 0 spiro atoms. The number of carbonyl (C=O) groups excluding carboxylic acids is 1. The number of hydrogen-bond donors (Lipinski definition) is 0. The van der Waals surface area contributed by atoms with Gasteiger partial charge in [-0.3, -0.25) is 4.79 Å². The summed E-state index contributed by atoms with van der Waals surface area (Å²) in [7, 11) is 0. The van der Waals surface area contributed by atoms with Crippen LogP contribution in [0.5, 0.6) is 5.75 Å². The van der Waals surface area contributed by atoms with Gasteiger partial charge in [-0.2, -0.15) is 0 Å². The zero-order valence-corrected chi connectivity index (χ0v) is 13.0. The molecule has 23 heavy (non-hydrogen) atoms. The molecule has 0 atom stereocenters. The van der Waals surface area contributed by atoms with Gasteiger partial charge in [0.15, 0.2) is 5.78 Å². The lowest BCUT2D eigenvalue weighted by Crippen LogP contribution is -2.50. The fourth-order valence-corrected chi connectivity index (χ4v) is 2.76. The van der Waals surface area contributed by atoms with E-state index in [0.29, 0.717) is 12.2 Å². The molecule has 1 fully saturated rings. The highest BCUT2D eigenvalue weighted by atomic mass is 19.1. The van der Waals surface area contributed by atoms with Crippen molar-refractivity contribution in [3.05, 3.63) is 66.0 Å². The molecule has 4 heteroatoms. The van der Waals surface area contributed by atoms with E-state index in [9.17, 15) is 9.18 Å². The number of ether oxygens (including phenoxy) is 1. The first-order chi connectivity index (χ1) is 11.2. The number of para-hydroxylation sites is 1. The molecule has 0 radical (unpaired) electrons. The molecule has 1 saturated heterocycles. The second kappa shape index (κ2) is 7.38. The largest absolute Gasteiger partial charge is 0.494 e. The third-order valence-corrected chi connectivity index (χ3v) is 4.09. The standard InChI is InChI=1S/C19H20FNO2/c20-17-9-7-15(8-10-17)19(22)16-13-21(14-16)11-4-12-23-18-5-2-1-3-6-18/h1-3,5-10,16H,4,11-14H2. The molecule has 2 aromatic rings. The van der Waals surface area contributed by atoms with Gasteiger partial charge in [-0.15, -0.1) is 0 Å². The lowest BCUT2D eigenvalue weighted by Gasteiger charge is -2.38. The van der Waals surface area contributed by atoms with E-state index in [2.05, 4.69) is 4.90 Å². The second-order valence-electron chi connectivity index (χ2n) is 5.84. The molecule has 0 bridgehead atoms. The molecular weight excluding hydrogens is 293 g/mol. The summed E-state index contributed by atoms with van der Waals surface area (Å²) in [4.78, 5) is 14.5. The van der Waals surface area contributed by atoms with E-state index in [0.717, 1.165) is 31.8 Å². The van der Waals surface area contributed by atoms with Crippen LogP contribution in [0.3, 0.4) is 0 Å². The van der Waals surface area contributed by atoms with E-state index >= 15 is 0 Å². The fraction of sp³-hybridized carbons (Fsp3) is 0.316. The Bertz CT molecular complexity index is 636. The summed E-state index contributed by atoms with van der Waals surface area (Å²) < 4.78 is 18.5. The lowest BCUT2D eigenvalue weighted by molar-refractivity contribution is 0.0605. The van der Waals surface area contributed by atoms with Crippen LogP contribution in [-0.4, -0.2) is 36.9 Å². The Kier molecular flexibility index (Phi) is 5.03. The summed E-state index contributed by atoms with van der Waals surface area (Å²) in [6, 6.07) is 15.6. The summed E-state index contributed by atoms with van der Waals surface area (Å²) in [5.41, 5.74) is 0.600. The van der Waals surface area contributed by atoms with Gasteiger partial charge in [0.25, 0.3) is 0 Å². The van der Waals surface area contributed by atoms with E-state index < -0.39 is 0 Å². The maximum Gasteiger partial charge on any atom is 0.168 e. The van der Waals surface area contributed by atoms with Gasteiger partial charge in [0.2, 0.25) is 0 Å². The Morgan fingerprint density at radius 2 is 1.78 bits per heavy atom. The van der Waals surface area contributed by atoms with Crippen LogP contribution in [-0.2, 0) is 0 Å². The highest BCUT2D eigenvalue weighted by molar-refractivity contribution is 5.98. The quantitative estimate of drug-likeness (QED) is 0.579. The highest BCUT2D eigenvalue weighted by Crippen LogP contribution is 2.21. The SMILES string of the molecule is O=C(c1ccc(F)cc1)C1CN(CCCOc2ccccc2)C1. The van der Waals surface area contributed by atoms with Crippen molar-refractivity contribution in [2.75, 3.05) is 26.2 Å². The van der Waals surface area contributed by atoms with Gasteiger partial charge in [-0.1, -0.05) is 18.2 Å². The van der Waals surface area contributed by atoms with Crippen LogP contribution in [0.25, 0.3) is 0 Å². The van der Waals surface area contributed by atoms with Crippen LogP contribution >= 0.6 is 0 Å². The zero-order chi connectivity index (χ0) is 16.1. The highest BCUT2D eigenvalue weighted by Gasteiger charge is 2.32. The van der Waals surface area contributed by atoms with Gasteiger partial charge in [0, 0.05) is 31.1 Å². The summed E-state index contributed by atoms with van der Waals surface area (Å²) >= 11 is 0. The van der Waals surface area contributed by atoms with E-state index in [1.165, 1.54) is 12.1 Å². The van der Waals surface area contributed by atoms with Crippen LogP contribution in [0.15, 0.2) is 54.6 Å². The topological polar surface area (TPSA) is 29.5 Å². The molecule has 0 unspecified atom stereocenters. The van der Waals surface area contributed by atoms with Crippen molar-refractivity contribution in [1.29, 1.82) is 0 Å². The Morgan fingerprint density at radius 1 is 1.09 bits per heavy atom. The molecule has 0 N–H and O–H groups in total. The van der Waals surface area contributed by atoms with Crippen molar-refractivity contribution in [1.82, 2.24) is 4.90 Å². The minimum Gasteiger partial charge on any atom is -0.494 e. The van der Waals surface area contributed by atoms with E-state index in [-0.39, 0.29) is 17.5 Å². The van der Waals surface area contributed by atoms with E-state index in [1.807, 2.05) is 30.3 Å². The van der Waals surface area contributed by atoms with Crippen molar-refractivity contribution in [3.63, 3.8) is 0 Å². The van der Waals surface area contributed by atoms with Crippen molar-refractivity contribution in [2.45, 2.75) is 6.42 Å². The van der Waals surface area contributed by atoms with E-state index in [4.69, 9.17) is 4.74 Å². The predicted molar refractivity (Wildman–Crippen MR) is 87.2 cm³/mol. The molecule has 1 heterocycles. The molecule has 3 nitrogen and oxygen atoms in total. The molecule has 0 saturated carbocycles. The number of rotatable bonds is 7. The lowest BCUT2D eigenvalue weighted by atomic mass is 9.90. The first-order valence-corrected chi connectivity index (χ1v) is 7.92. The molecule has 2 aromatic carbocycles. The maximum atomic E-state index is 12.9. The Balaban J connectivity index is 1.35. The van der Waals surface area contributed by atoms with Crippen LogP contribution in [0.4, 0.5) is 4.39 Å². The number of ketones is 1. The first-order valence-electron chi connectivity index (χ1n) is 7.92. The molecule has 0 aliphatic carbocycles. The van der Waals surface area contributed by atoms with Gasteiger partial charge in [-0.05, 0) is 42.8 Å². The number of halogens is 1. The van der Waals surface area contributed by atoms with Gasteiger partial charge in [-0.25, -0.2) is 4.39 Å². The van der Waals surface area contributed by atoms with Gasteiger partial charge < -0.3 is 9.64 Å². The molecule has 1 aliphatic rings. The number of likely N-dealkylation sites (tertiary alicyclic amines) is 1. The van der Waals surface area contributed by atoms with Gasteiger partial charge >= 0.3 is 0 Å². The van der Waals surface area contributed by atoms with Crippen LogP contribution < -0.4 is 4.74 Å². The summed E-state index contributed by atoms with van der Waals surface area (Å²) in [6.45, 7) is 3.17. The third kappa shape index (κ3) is 4.17. The van der Waals surface area contributed by atoms with Crippen molar-refractivity contribution in [3.8, 4) is 5.75 Å². The predicted octanol–water partition coefficient (Wildman–Crippen LogP) is 3.41. The molecule has 120 valence electrons. The van der Waals surface area contributed by atoms with Crippen molar-refractivity contribution in [2.24, 2.45) is 5.92 Å². The Hall–Kier alpha value is -2.20. The van der Waals surface area contributed by atoms with Gasteiger partial charge in [0.1, 0.15) is 11.6 Å². The van der Waals surface area contributed by atoms with Crippen molar-refractivity contribution < 1.29 is 13.9 Å². The second-order valence-corrected chi connectivity index (χ2v) is 5.84. The average Bonchev–Trinajstić information content (AvgIpc) is 2.54. The van der Waals surface area contributed by atoms with Crippen molar-refractivity contribution >= 4 is 5.78 Å². The van der Waals surface area contributed by atoms with Crippen LogP contribution in [0.2, 0.25) is 0 Å². The minimum absolute atomic E-state index is 0.0375. The van der Waals surface area contributed by atoms with E-state index in [1.54, 1.807) is 12.1 Å². The Labute approximate surface area is 135 Å². The number of hydrogen-bond acceptors (Lipinski definition) is 3. The van der Waals surface area contributed by atoms with Crippen LogP contribution in [0.1, 0.15) is 16.8 Å². The normalized spacial score (nSPS) is 15.2. The number of Topliss-reactive ketones (excluding diaryl/α,β-unsaturated/α-hetero) is 1. The smallest absolute Gasteiger partial charge is 0.168 e. The number of carbonyl (C=O) groups is 1. The average molecular weight is 313 g/mol.